The molecule has 1 unspecified atom stereocenters. The maximum atomic E-state index is 13.0. The number of benzene rings is 2. The van der Waals surface area contributed by atoms with Crippen LogP contribution in [-0.4, -0.2) is 53.3 Å². The van der Waals surface area contributed by atoms with Gasteiger partial charge in [-0.3, -0.25) is 24.6 Å². The van der Waals surface area contributed by atoms with Gasteiger partial charge in [-0.15, -0.1) is 0 Å². The zero-order chi connectivity index (χ0) is 27.2. The molecule has 3 amide bonds. The molecule has 0 aromatic heterocycles. The zero-order valence-electron chi connectivity index (χ0n) is 22.4. The monoisotopic (exact) mass is 529 g/mol. The quantitative estimate of drug-likeness (QED) is 0.441. The molecule has 3 aliphatic rings. The van der Waals surface area contributed by atoms with Gasteiger partial charge in [-0.25, -0.2) is 0 Å². The Labute approximate surface area is 229 Å². The fraction of sp³-hybridized carbons (Fsp3) is 0.387. The third-order valence-electron chi connectivity index (χ3n) is 7.45. The van der Waals surface area contributed by atoms with Crippen molar-refractivity contribution in [1.29, 1.82) is 0 Å². The van der Waals surface area contributed by atoms with Crippen LogP contribution in [0.4, 0.5) is 0 Å². The van der Waals surface area contributed by atoms with Gasteiger partial charge in [0.15, 0.2) is 0 Å². The minimum Gasteiger partial charge on any atom is -0.493 e. The topological polar surface area (TPSA) is 88.2 Å². The number of hydrogen-bond donors (Lipinski definition) is 1. The lowest BCUT2D eigenvalue weighted by molar-refractivity contribution is -0.136. The van der Waals surface area contributed by atoms with Crippen LogP contribution in [0.3, 0.4) is 0 Å². The van der Waals surface area contributed by atoms with E-state index in [1.165, 1.54) is 5.56 Å². The number of nitrogens with one attached hydrogen (secondary N) is 1. The Balaban J connectivity index is 1.14. The molecular formula is C31H35N3O5. The molecule has 0 bridgehead atoms. The summed E-state index contributed by atoms with van der Waals surface area (Å²) >= 11 is 0. The second-order valence-electron chi connectivity index (χ2n) is 10.1. The minimum absolute atomic E-state index is 0.202. The average molecular weight is 530 g/mol. The Morgan fingerprint density at radius 2 is 1.85 bits per heavy atom. The molecule has 1 fully saturated rings. The highest BCUT2D eigenvalue weighted by atomic mass is 16.5. The van der Waals surface area contributed by atoms with Crippen molar-refractivity contribution < 1.29 is 23.9 Å². The Hall–Kier alpha value is -3.91. The fourth-order valence-electron chi connectivity index (χ4n) is 5.19. The minimum atomic E-state index is -0.640. The van der Waals surface area contributed by atoms with E-state index >= 15 is 0 Å². The van der Waals surface area contributed by atoms with E-state index in [4.69, 9.17) is 9.47 Å². The zero-order valence-corrected chi connectivity index (χ0v) is 22.4. The smallest absolute Gasteiger partial charge is 0.255 e. The molecular weight excluding hydrogens is 494 g/mol. The van der Waals surface area contributed by atoms with Crippen molar-refractivity contribution in [3.05, 3.63) is 88.7 Å². The van der Waals surface area contributed by atoms with E-state index < -0.39 is 11.9 Å². The maximum Gasteiger partial charge on any atom is 0.255 e. The number of rotatable bonds is 11. The summed E-state index contributed by atoms with van der Waals surface area (Å²) in [5, 5.41) is 2.34. The van der Waals surface area contributed by atoms with Gasteiger partial charge >= 0.3 is 0 Å². The summed E-state index contributed by atoms with van der Waals surface area (Å²) in [6.07, 6.45) is 9.05. The summed E-state index contributed by atoms with van der Waals surface area (Å²) in [6.45, 7) is 6.14. The van der Waals surface area contributed by atoms with Crippen molar-refractivity contribution in [2.75, 3.05) is 19.7 Å². The summed E-state index contributed by atoms with van der Waals surface area (Å²) in [5.41, 5.74) is 3.59. The SMILES string of the molecule is CCN(CCOC1=CCCC=C1)Cc1ccc(COc2cccc3c2CN(C2CCC(=O)NC2=O)C3=O)cc1. The number of hydrogen-bond acceptors (Lipinski definition) is 6. The number of imide groups is 1. The molecule has 39 heavy (non-hydrogen) atoms. The van der Waals surface area contributed by atoms with E-state index in [-0.39, 0.29) is 18.2 Å². The number of carbonyl (C=O) groups excluding carboxylic acids is 3. The molecule has 8 nitrogen and oxygen atoms in total. The van der Waals surface area contributed by atoms with Gasteiger partial charge in [-0.1, -0.05) is 43.3 Å². The summed E-state index contributed by atoms with van der Waals surface area (Å²) < 4.78 is 12.0. The largest absolute Gasteiger partial charge is 0.493 e. The van der Waals surface area contributed by atoms with Crippen LogP contribution in [0.2, 0.25) is 0 Å². The molecule has 2 aliphatic heterocycles. The highest BCUT2D eigenvalue weighted by Crippen LogP contribution is 2.34. The standard InChI is InChI=1S/C31H35N3O5/c1-2-33(17-18-38-24-7-4-3-5-8-24)19-22-11-13-23(14-12-22)21-39-28-10-6-9-25-26(28)20-34(31(25)37)27-15-16-29(35)32-30(27)36/h4,6-14,27H,2-3,5,15-21H2,1H3,(H,32,35,36). The summed E-state index contributed by atoms with van der Waals surface area (Å²) in [7, 11) is 0. The normalized spacial score (nSPS) is 18.7. The highest BCUT2D eigenvalue weighted by molar-refractivity contribution is 6.05. The summed E-state index contributed by atoms with van der Waals surface area (Å²) in [5.74, 6) is 0.700. The number of likely N-dealkylation sites (N-methyl/N-ethyl adjacent to an activating group) is 1. The van der Waals surface area contributed by atoms with Crippen molar-refractivity contribution in [3.8, 4) is 5.75 Å². The lowest BCUT2D eigenvalue weighted by Crippen LogP contribution is -2.52. The molecule has 1 N–H and O–H groups in total. The first-order chi connectivity index (χ1) is 19.0. The van der Waals surface area contributed by atoms with Crippen molar-refractivity contribution in [2.24, 2.45) is 0 Å². The van der Waals surface area contributed by atoms with Crippen molar-refractivity contribution in [2.45, 2.75) is 58.3 Å². The Morgan fingerprint density at radius 3 is 2.59 bits per heavy atom. The van der Waals surface area contributed by atoms with Gasteiger partial charge in [-0.2, -0.15) is 0 Å². The number of ether oxygens (including phenoxy) is 2. The van der Waals surface area contributed by atoms with Crippen LogP contribution in [0.5, 0.6) is 5.75 Å². The van der Waals surface area contributed by atoms with E-state index in [9.17, 15) is 14.4 Å². The second kappa shape index (κ2) is 12.3. The number of fused-ring (bicyclic) bond motifs is 1. The van der Waals surface area contributed by atoms with Gasteiger partial charge in [0.25, 0.3) is 5.91 Å². The van der Waals surface area contributed by atoms with E-state index in [1.807, 2.05) is 6.07 Å². The Bertz CT molecular complexity index is 1280. The highest BCUT2D eigenvalue weighted by Gasteiger charge is 2.40. The molecule has 5 rings (SSSR count). The van der Waals surface area contributed by atoms with Gasteiger partial charge < -0.3 is 14.4 Å². The number of allylic oxidation sites excluding steroid dienone is 3. The van der Waals surface area contributed by atoms with Crippen LogP contribution >= 0.6 is 0 Å². The number of piperidine rings is 1. The lowest BCUT2D eigenvalue weighted by atomic mass is 10.0. The van der Waals surface area contributed by atoms with Crippen molar-refractivity contribution in [1.82, 2.24) is 15.1 Å². The molecule has 2 aromatic rings. The van der Waals surface area contributed by atoms with Crippen LogP contribution in [-0.2, 0) is 34.0 Å². The first kappa shape index (κ1) is 26.7. The van der Waals surface area contributed by atoms with Crippen LogP contribution in [0.1, 0.15) is 59.7 Å². The predicted octanol–water partition coefficient (Wildman–Crippen LogP) is 4.10. The third kappa shape index (κ3) is 6.40. The van der Waals surface area contributed by atoms with E-state index in [1.54, 1.807) is 17.0 Å². The second-order valence-corrected chi connectivity index (χ2v) is 10.1. The first-order valence-corrected chi connectivity index (χ1v) is 13.7. The number of nitrogens with zero attached hydrogens (tertiary/aromatic N) is 2. The average Bonchev–Trinajstić information content (AvgIpc) is 3.29. The molecule has 1 aliphatic carbocycles. The molecule has 1 atom stereocenters. The van der Waals surface area contributed by atoms with Gasteiger partial charge in [0, 0.05) is 30.6 Å². The van der Waals surface area contributed by atoms with Crippen LogP contribution in [0, 0.1) is 0 Å². The lowest BCUT2D eigenvalue weighted by Gasteiger charge is -2.29. The van der Waals surface area contributed by atoms with E-state index in [0.717, 1.165) is 49.4 Å². The molecule has 0 spiro atoms. The van der Waals surface area contributed by atoms with Gasteiger partial charge in [0.1, 0.15) is 30.8 Å². The van der Waals surface area contributed by atoms with Gasteiger partial charge in [0.05, 0.1) is 6.54 Å². The first-order valence-electron chi connectivity index (χ1n) is 13.7. The number of amides is 3. The molecule has 2 aromatic carbocycles. The fourth-order valence-corrected chi connectivity index (χ4v) is 5.19. The predicted molar refractivity (Wildman–Crippen MR) is 147 cm³/mol. The van der Waals surface area contributed by atoms with Crippen molar-refractivity contribution in [3.63, 3.8) is 0 Å². The summed E-state index contributed by atoms with van der Waals surface area (Å²) in [6, 6.07) is 13.2. The Kier molecular flexibility index (Phi) is 8.42. The Morgan fingerprint density at radius 1 is 1.03 bits per heavy atom. The van der Waals surface area contributed by atoms with E-state index in [2.05, 4.69) is 59.6 Å². The van der Waals surface area contributed by atoms with Crippen LogP contribution in [0.15, 0.2) is 66.5 Å². The molecule has 8 heteroatoms. The van der Waals surface area contributed by atoms with Gasteiger partial charge in [-0.05, 0) is 61.2 Å². The summed E-state index contributed by atoms with van der Waals surface area (Å²) in [4.78, 5) is 40.8. The molecule has 0 saturated carbocycles. The molecule has 204 valence electrons. The van der Waals surface area contributed by atoms with E-state index in [0.29, 0.717) is 37.5 Å². The van der Waals surface area contributed by atoms with Crippen LogP contribution < -0.4 is 10.1 Å². The molecule has 1 saturated heterocycles. The van der Waals surface area contributed by atoms with Gasteiger partial charge in [0.2, 0.25) is 11.8 Å². The van der Waals surface area contributed by atoms with Crippen molar-refractivity contribution >= 4 is 17.7 Å². The van der Waals surface area contributed by atoms with Crippen LogP contribution in [0.25, 0.3) is 0 Å². The molecule has 0 radical (unpaired) electrons. The number of carbonyl (C=O) groups is 3. The molecule has 2 heterocycles. The maximum absolute atomic E-state index is 13.0. The third-order valence-corrected chi connectivity index (χ3v) is 7.45.